The van der Waals surface area contributed by atoms with E-state index in [1.807, 2.05) is 21.6 Å². The fourth-order valence-corrected chi connectivity index (χ4v) is 2.89. The predicted molar refractivity (Wildman–Crippen MR) is 61.7 cm³/mol. The van der Waals surface area contributed by atoms with Crippen LogP contribution in [0.15, 0.2) is 0 Å². The Bertz CT molecular complexity index is 71.5. The van der Waals surface area contributed by atoms with Crippen LogP contribution in [0.4, 0.5) is 0 Å². The van der Waals surface area contributed by atoms with E-state index in [9.17, 15) is 0 Å². The second kappa shape index (κ2) is 11.6. The van der Waals surface area contributed by atoms with Gasteiger partial charge in [0.2, 0.25) is 0 Å². The Morgan fingerprint density at radius 2 is 1.83 bits per heavy atom. The van der Waals surface area contributed by atoms with Crippen LogP contribution in [0.3, 0.4) is 0 Å². The maximum absolute atomic E-state index is 5.38. The first-order valence-electron chi connectivity index (χ1n) is 4.57. The molecule has 0 spiro atoms. The molecule has 4 heteroatoms. The molecule has 74 valence electrons. The maximum atomic E-state index is 5.38. The average molecular weight is 208 g/mol. The quantitative estimate of drug-likeness (QED) is 0.447. The molecule has 3 N–H and O–H groups in total. The first-order chi connectivity index (χ1) is 5.91. The van der Waals surface area contributed by atoms with E-state index in [0.717, 1.165) is 26.1 Å². The number of hydrogen-bond acceptors (Lipinski definition) is 4. The normalized spacial score (nSPS) is 10.5. The Kier molecular flexibility index (Phi) is 12.2. The molecule has 0 aromatic carbocycles. The Hall–Kier alpha value is 0.620. The van der Waals surface area contributed by atoms with E-state index in [1.165, 1.54) is 17.9 Å². The minimum absolute atomic E-state index is 0.824. The van der Waals surface area contributed by atoms with Crippen molar-refractivity contribution in [1.29, 1.82) is 0 Å². The molecule has 0 unspecified atom stereocenters. The summed E-state index contributed by atoms with van der Waals surface area (Å²) >= 11 is 0. The van der Waals surface area contributed by atoms with Gasteiger partial charge in [-0.05, 0) is 32.5 Å². The summed E-state index contributed by atoms with van der Waals surface area (Å²) in [5, 5.41) is 3.31. The van der Waals surface area contributed by atoms with Gasteiger partial charge >= 0.3 is 0 Å². The van der Waals surface area contributed by atoms with Crippen molar-refractivity contribution in [2.45, 2.75) is 19.8 Å². The van der Waals surface area contributed by atoms with Crippen molar-refractivity contribution in [3.8, 4) is 0 Å². The topological polar surface area (TPSA) is 38.0 Å². The van der Waals surface area contributed by atoms with Crippen LogP contribution in [0.5, 0.6) is 0 Å². The molecular formula is C8H20N2S2. The average Bonchev–Trinajstić information content (AvgIpc) is 2.10. The zero-order valence-corrected chi connectivity index (χ0v) is 9.48. The molecule has 0 aromatic heterocycles. The zero-order chi connectivity index (χ0) is 9.07. The van der Waals surface area contributed by atoms with E-state index >= 15 is 0 Å². The van der Waals surface area contributed by atoms with Crippen molar-refractivity contribution >= 4 is 21.6 Å². The van der Waals surface area contributed by atoms with Crippen LogP contribution in [0.1, 0.15) is 19.8 Å². The predicted octanol–water partition coefficient (Wildman–Crippen LogP) is 1.72. The summed E-state index contributed by atoms with van der Waals surface area (Å²) in [6.07, 6.45) is 2.42. The molecule has 2 nitrogen and oxygen atoms in total. The Morgan fingerprint density at radius 1 is 1.17 bits per heavy atom. The van der Waals surface area contributed by atoms with Gasteiger partial charge in [0.05, 0.1) is 0 Å². The third kappa shape index (κ3) is 10.6. The molecule has 0 amide bonds. The SMILES string of the molecule is CCNCCCSSCCCN. The first-order valence-corrected chi connectivity index (χ1v) is 7.05. The highest BCUT2D eigenvalue weighted by Crippen LogP contribution is 2.21. The van der Waals surface area contributed by atoms with Gasteiger partial charge in [0.25, 0.3) is 0 Å². The molecule has 0 aliphatic heterocycles. The molecule has 0 rings (SSSR count). The number of hydrogen-bond donors (Lipinski definition) is 2. The number of nitrogens with two attached hydrogens (primary N) is 1. The van der Waals surface area contributed by atoms with E-state index in [-0.39, 0.29) is 0 Å². The lowest BCUT2D eigenvalue weighted by Gasteiger charge is -2.01. The lowest BCUT2D eigenvalue weighted by molar-refractivity contribution is 0.708. The minimum atomic E-state index is 0.824. The first kappa shape index (κ1) is 12.6. The summed E-state index contributed by atoms with van der Waals surface area (Å²) in [4.78, 5) is 0. The summed E-state index contributed by atoms with van der Waals surface area (Å²) in [7, 11) is 3.91. The summed E-state index contributed by atoms with van der Waals surface area (Å²) in [5.41, 5.74) is 5.38. The summed E-state index contributed by atoms with van der Waals surface area (Å²) < 4.78 is 0. The maximum Gasteiger partial charge on any atom is 0.00490 e. The van der Waals surface area contributed by atoms with Crippen molar-refractivity contribution in [2.75, 3.05) is 31.1 Å². The van der Waals surface area contributed by atoms with Gasteiger partial charge in [0.15, 0.2) is 0 Å². The molecule has 0 aliphatic rings. The van der Waals surface area contributed by atoms with E-state index < -0.39 is 0 Å². The molecular weight excluding hydrogens is 188 g/mol. The summed E-state index contributed by atoms with van der Waals surface area (Å²) in [6, 6.07) is 0. The van der Waals surface area contributed by atoms with Gasteiger partial charge in [-0.2, -0.15) is 0 Å². The molecule has 0 radical (unpaired) electrons. The van der Waals surface area contributed by atoms with Crippen molar-refractivity contribution < 1.29 is 0 Å². The van der Waals surface area contributed by atoms with Crippen LogP contribution in [-0.4, -0.2) is 31.1 Å². The molecule has 0 aromatic rings. The van der Waals surface area contributed by atoms with Crippen molar-refractivity contribution in [2.24, 2.45) is 5.73 Å². The van der Waals surface area contributed by atoms with Crippen LogP contribution in [0.2, 0.25) is 0 Å². The third-order valence-corrected chi connectivity index (χ3v) is 3.92. The van der Waals surface area contributed by atoms with Crippen LogP contribution in [0, 0.1) is 0 Å². The van der Waals surface area contributed by atoms with E-state index in [0.29, 0.717) is 0 Å². The Labute approximate surface area is 83.8 Å². The minimum Gasteiger partial charge on any atom is -0.330 e. The van der Waals surface area contributed by atoms with Gasteiger partial charge in [0, 0.05) is 11.5 Å². The van der Waals surface area contributed by atoms with Crippen molar-refractivity contribution in [3.05, 3.63) is 0 Å². The van der Waals surface area contributed by atoms with Crippen molar-refractivity contribution in [1.82, 2.24) is 5.32 Å². The molecule has 0 saturated heterocycles. The Morgan fingerprint density at radius 3 is 2.42 bits per heavy atom. The van der Waals surface area contributed by atoms with Gasteiger partial charge in [-0.1, -0.05) is 28.5 Å². The lowest BCUT2D eigenvalue weighted by Crippen LogP contribution is -2.14. The fraction of sp³-hybridized carbons (Fsp3) is 1.00. The van der Waals surface area contributed by atoms with Crippen LogP contribution in [-0.2, 0) is 0 Å². The van der Waals surface area contributed by atoms with Crippen LogP contribution >= 0.6 is 21.6 Å². The fourth-order valence-electron chi connectivity index (χ4n) is 0.693. The van der Waals surface area contributed by atoms with E-state index in [4.69, 9.17) is 5.73 Å². The molecule has 12 heavy (non-hydrogen) atoms. The lowest BCUT2D eigenvalue weighted by atomic mass is 10.5. The molecule has 0 heterocycles. The smallest absolute Gasteiger partial charge is 0.00490 e. The Balaban J connectivity index is 2.73. The van der Waals surface area contributed by atoms with Gasteiger partial charge in [-0.3, -0.25) is 0 Å². The second-order valence-corrected chi connectivity index (χ2v) is 5.20. The molecule has 0 fully saturated rings. The number of nitrogens with one attached hydrogen (secondary N) is 1. The molecule has 0 saturated carbocycles. The monoisotopic (exact) mass is 208 g/mol. The highest BCUT2D eigenvalue weighted by atomic mass is 33.1. The number of rotatable bonds is 9. The summed E-state index contributed by atoms with van der Waals surface area (Å²) in [5.74, 6) is 2.45. The largest absolute Gasteiger partial charge is 0.330 e. The van der Waals surface area contributed by atoms with E-state index in [2.05, 4.69) is 12.2 Å². The summed E-state index contributed by atoms with van der Waals surface area (Å²) in [6.45, 7) is 5.21. The standard InChI is InChI=1S/C8H20N2S2/c1-2-10-6-4-8-12-11-7-3-5-9/h10H,2-9H2,1H3. The molecule has 0 bridgehead atoms. The highest BCUT2D eigenvalue weighted by molar-refractivity contribution is 8.76. The van der Waals surface area contributed by atoms with Gasteiger partial charge in [-0.25, -0.2) is 0 Å². The van der Waals surface area contributed by atoms with Gasteiger partial charge < -0.3 is 11.1 Å². The van der Waals surface area contributed by atoms with Crippen LogP contribution in [0.25, 0.3) is 0 Å². The highest BCUT2D eigenvalue weighted by Gasteiger charge is 1.90. The second-order valence-electron chi connectivity index (χ2n) is 2.49. The van der Waals surface area contributed by atoms with Crippen LogP contribution < -0.4 is 11.1 Å². The van der Waals surface area contributed by atoms with Gasteiger partial charge in [-0.15, -0.1) is 0 Å². The van der Waals surface area contributed by atoms with Crippen molar-refractivity contribution in [3.63, 3.8) is 0 Å². The molecule has 0 atom stereocenters. The van der Waals surface area contributed by atoms with E-state index in [1.54, 1.807) is 0 Å². The molecule has 0 aliphatic carbocycles. The van der Waals surface area contributed by atoms with Gasteiger partial charge in [0.1, 0.15) is 0 Å². The zero-order valence-electron chi connectivity index (χ0n) is 7.84. The third-order valence-electron chi connectivity index (χ3n) is 1.35.